The molecule has 1 aromatic rings. The van der Waals surface area contributed by atoms with Crippen LogP contribution in [0.15, 0.2) is 24.3 Å². The summed E-state index contributed by atoms with van der Waals surface area (Å²) in [6, 6.07) is 5.93. The van der Waals surface area contributed by atoms with E-state index in [1.807, 2.05) is 0 Å². The maximum Gasteiger partial charge on any atom is 0.414 e. The Kier molecular flexibility index (Phi) is 8.24. The molecule has 1 aromatic carbocycles. The lowest BCUT2D eigenvalue weighted by molar-refractivity contribution is -0.158. The van der Waals surface area contributed by atoms with E-state index in [0.29, 0.717) is 5.75 Å². The van der Waals surface area contributed by atoms with Gasteiger partial charge in [0, 0.05) is 20.5 Å². The summed E-state index contributed by atoms with van der Waals surface area (Å²) in [6.07, 6.45) is -0.222. The van der Waals surface area contributed by atoms with E-state index in [1.54, 1.807) is 66.2 Å². The van der Waals surface area contributed by atoms with E-state index in [-0.39, 0.29) is 18.9 Å². The van der Waals surface area contributed by atoms with Crippen molar-refractivity contribution in [1.82, 2.24) is 15.5 Å². The summed E-state index contributed by atoms with van der Waals surface area (Å²) in [5.74, 6) is -0.412. The number of carbonyl (C=O) groups excluding carboxylic acids is 3. The molecule has 8 heteroatoms. The first kappa shape index (κ1) is 22.4. The van der Waals surface area contributed by atoms with Crippen molar-refractivity contribution in [3.05, 3.63) is 29.8 Å². The molecule has 0 saturated carbocycles. The maximum atomic E-state index is 12.5. The van der Waals surface area contributed by atoms with Crippen molar-refractivity contribution in [3.8, 4) is 5.75 Å². The fourth-order valence-electron chi connectivity index (χ4n) is 2.09. The summed E-state index contributed by atoms with van der Waals surface area (Å²) in [5.41, 5.74) is 0.132. The van der Waals surface area contributed by atoms with Gasteiger partial charge in [-0.1, -0.05) is 12.1 Å². The number of amides is 2. The first-order valence-electron chi connectivity index (χ1n) is 8.66. The van der Waals surface area contributed by atoms with Crippen LogP contribution >= 0.6 is 0 Å². The molecule has 0 saturated heterocycles. The van der Waals surface area contributed by atoms with Crippen molar-refractivity contribution in [2.45, 2.75) is 38.8 Å². The van der Waals surface area contributed by atoms with Crippen LogP contribution in [-0.2, 0) is 20.7 Å². The maximum absolute atomic E-state index is 12.5. The molecule has 8 nitrogen and oxygen atoms in total. The van der Waals surface area contributed by atoms with Crippen LogP contribution in [0.5, 0.6) is 5.75 Å². The average Bonchev–Trinajstić information content (AvgIpc) is 2.54. The van der Waals surface area contributed by atoms with E-state index in [9.17, 15) is 14.4 Å². The Labute approximate surface area is 160 Å². The standard InChI is InChI=1S/C19H29N3O5/c1-19(2,3)27-17(24)15(21-16(23)12-20-4)11-13-7-9-14(10-8-13)26-18(25)22(5)6/h7-10,15,20H,11-12H2,1-6H3,(H,21,23)/t15-/m0/s1. The topological polar surface area (TPSA) is 97.0 Å². The lowest BCUT2D eigenvalue weighted by Gasteiger charge is -2.24. The van der Waals surface area contributed by atoms with Crippen molar-refractivity contribution in [3.63, 3.8) is 0 Å². The van der Waals surface area contributed by atoms with Crippen molar-refractivity contribution in [1.29, 1.82) is 0 Å². The van der Waals surface area contributed by atoms with Gasteiger partial charge < -0.3 is 25.0 Å². The quantitative estimate of drug-likeness (QED) is 0.694. The predicted octanol–water partition coefficient (Wildman–Crippen LogP) is 1.34. The van der Waals surface area contributed by atoms with Crippen LogP contribution in [0.1, 0.15) is 26.3 Å². The number of rotatable bonds is 7. The molecular weight excluding hydrogens is 350 g/mol. The Morgan fingerprint density at radius 2 is 1.70 bits per heavy atom. The van der Waals surface area contributed by atoms with E-state index >= 15 is 0 Å². The third-order valence-corrected chi connectivity index (χ3v) is 3.30. The Bertz CT molecular complexity index is 650. The smallest absolute Gasteiger partial charge is 0.414 e. The second kappa shape index (κ2) is 9.91. The van der Waals surface area contributed by atoms with E-state index in [4.69, 9.17) is 9.47 Å². The monoisotopic (exact) mass is 379 g/mol. The molecule has 2 amide bonds. The fourth-order valence-corrected chi connectivity index (χ4v) is 2.09. The molecule has 2 N–H and O–H groups in total. The summed E-state index contributed by atoms with van der Waals surface area (Å²) in [6.45, 7) is 5.40. The zero-order valence-corrected chi connectivity index (χ0v) is 16.8. The normalized spacial score (nSPS) is 12.1. The van der Waals surface area contributed by atoms with Crippen LogP contribution < -0.4 is 15.4 Å². The molecule has 0 spiro atoms. The van der Waals surface area contributed by atoms with Gasteiger partial charge in [-0.2, -0.15) is 0 Å². The molecule has 0 bridgehead atoms. The Morgan fingerprint density at radius 3 is 2.19 bits per heavy atom. The number of hydrogen-bond donors (Lipinski definition) is 2. The van der Waals surface area contributed by atoms with E-state index in [0.717, 1.165) is 5.56 Å². The Balaban J connectivity index is 2.85. The molecule has 0 fully saturated rings. The molecule has 1 rings (SSSR count). The third kappa shape index (κ3) is 8.54. The SMILES string of the molecule is CNCC(=O)N[C@@H](Cc1ccc(OC(=O)N(C)C)cc1)C(=O)OC(C)(C)C. The Morgan fingerprint density at radius 1 is 1.11 bits per heavy atom. The lowest BCUT2D eigenvalue weighted by Crippen LogP contribution is -2.47. The molecule has 1 atom stereocenters. The largest absolute Gasteiger partial charge is 0.458 e. The van der Waals surface area contributed by atoms with Crippen LogP contribution in [-0.4, -0.2) is 62.2 Å². The zero-order valence-electron chi connectivity index (χ0n) is 16.8. The van der Waals surface area contributed by atoms with Gasteiger partial charge in [0.2, 0.25) is 5.91 Å². The van der Waals surface area contributed by atoms with Gasteiger partial charge in [-0.25, -0.2) is 9.59 Å². The first-order chi connectivity index (χ1) is 12.5. The predicted molar refractivity (Wildman–Crippen MR) is 102 cm³/mol. The zero-order chi connectivity index (χ0) is 20.6. The summed E-state index contributed by atoms with van der Waals surface area (Å²) < 4.78 is 10.6. The van der Waals surface area contributed by atoms with E-state index in [2.05, 4.69) is 10.6 Å². The van der Waals surface area contributed by atoms with Crippen LogP contribution in [0, 0.1) is 0 Å². The van der Waals surface area contributed by atoms with Gasteiger partial charge in [-0.15, -0.1) is 0 Å². The second-order valence-electron chi connectivity index (χ2n) is 7.29. The molecule has 0 aliphatic rings. The third-order valence-electron chi connectivity index (χ3n) is 3.30. The second-order valence-corrected chi connectivity index (χ2v) is 7.29. The number of benzene rings is 1. The van der Waals surface area contributed by atoms with Crippen molar-refractivity contribution < 1.29 is 23.9 Å². The number of likely N-dealkylation sites (N-methyl/N-ethyl adjacent to an activating group) is 1. The number of ether oxygens (including phenoxy) is 2. The number of esters is 1. The van der Waals surface area contributed by atoms with Gasteiger partial charge >= 0.3 is 12.1 Å². The molecular formula is C19H29N3O5. The van der Waals surface area contributed by atoms with Gasteiger partial charge in [0.15, 0.2) is 0 Å². The van der Waals surface area contributed by atoms with Crippen LogP contribution in [0.25, 0.3) is 0 Å². The molecule has 0 unspecified atom stereocenters. The minimum absolute atomic E-state index is 0.0960. The molecule has 0 radical (unpaired) electrons. The summed E-state index contributed by atoms with van der Waals surface area (Å²) >= 11 is 0. The van der Waals surface area contributed by atoms with Crippen LogP contribution in [0.2, 0.25) is 0 Å². The Hall–Kier alpha value is -2.61. The number of nitrogens with one attached hydrogen (secondary N) is 2. The van der Waals surface area contributed by atoms with Crippen LogP contribution in [0.4, 0.5) is 4.79 Å². The lowest BCUT2D eigenvalue weighted by atomic mass is 10.1. The molecule has 27 heavy (non-hydrogen) atoms. The van der Waals surface area contributed by atoms with Crippen molar-refractivity contribution in [2.75, 3.05) is 27.7 Å². The summed E-state index contributed by atoms with van der Waals surface area (Å²) in [5, 5.41) is 5.42. The fraction of sp³-hybridized carbons (Fsp3) is 0.526. The van der Waals surface area contributed by atoms with Gasteiger partial charge in [0.1, 0.15) is 17.4 Å². The number of carbonyl (C=O) groups is 3. The molecule has 150 valence electrons. The van der Waals surface area contributed by atoms with Gasteiger partial charge in [0.05, 0.1) is 6.54 Å². The first-order valence-corrected chi connectivity index (χ1v) is 8.66. The number of nitrogens with zero attached hydrogens (tertiary/aromatic N) is 1. The summed E-state index contributed by atoms with van der Waals surface area (Å²) in [7, 11) is 4.84. The molecule has 0 heterocycles. The van der Waals surface area contributed by atoms with Gasteiger partial charge in [0.25, 0.3) is 0 Å². The number of hydrogen-bond acceptors (Lipinski definition) is 6. The molecule has 0 aliphatic carbocycles. The molecule has 0 aliphatic heterocycles. The molecule has 0 aromatic heterocycles. The van der Waals surface area contributed by atoms with E-state index < -0.39 is 23.7 Å². The van der Waals surface area contributed by atoms with E-state index in [1.165, 1.54) is 4.90 Å². The average molecular weight is 379 g/mol. The summed E-state index contributed by atoms with van der Waals surface area (Å²) in [4.78, 5) is 37.3. The highest BCUT2D eigenvalue weighted by molar-refractivity contribution is 5.85. The minimum atomic E-state index is -0.819. The van der Waals surface area contributed by atoms with Gasteiger partial charge in [-0.05, 0) is 45.5 Å². The van der Waals surface area contributed by atoms with Crippen molar-refractivity contribution in [2.24, 2.45) is 0 Å². The van der Waals surface area contributed by atoms with Crippen molar-refractivity contribution >= 4 is 18.0 Å². The minimum Gasteiger partial charge on any atom is -0.458 e. The van der Waals surface area contributed by atoms with Crippen LogP contribution in [0.3, 0.4) is 0 Å². The highest BCUT2D eigenvalue weighted by Gasteiger charge is 2.26. The van der Waals surface area contributed by atoms with Gasteiger partial charge in [-0.3, -0.25) is 4.79 Å². The highest BCUT2D eigenvalue weighted by Crippen LogP contribution is 2.16. The highest BCUT2D eigenvalue weighted by atomic mass is 16.6.